The molecule has 0 N–H and O–H groups in total. The van der Waals surface area contributed by atoms with Gasteiger partial charge in [0.05, 0.1) is 11.8 Å². The van der Waals surface area contributed by atoms with Crippen molar-refractivity contribution in [3.63, 3.8) is 0 Å². The standard InChI is InChI=1S/C21H17N3O/c1-2-7-15(8-3-1)18-13-19-17-10-4-5-11-20(17)25-21(24(19)23-18)16-9-6-12-22-14-16/h1-12,14,19,21H,13H2/t19-,21+/m1/s1. The van der Waals surface area contributed by atoms with E-state index in [9.17, 15) is 0 Å². The Morgan fingerprint density at radius 2 is 1.76 bits per heavy atom. The van der Waals surface area contributed by atoms with Crippen LogP contribution in [0.15, 0.2) is 84.2 Å². The first-order chi connectivity index (χ1) is 12.4. The van der Waals surface area contributed by atoms with Crippen LogP contribution in [0.2, 0.25) is 0 Å². The third kappa shape index (κ3) is 2.38. The van der Waals surface area contributed by atoms with Crippen LogP contribution in [-0.2, 0) is 0 Å². The summed E-state index contributed by atoms with van der Waals surface area (Å²) in [5.74, 6) is 0.933. The van der Waals surface area contributed by atoms with Gasteiger partial charge in [0.25, 0.3) is 0 Å². The van der Waals surface area contributed by atoms with Gasteiger partial charge in [0.2, 0.25) is 6.23 Å². The smallest absolute Gasteiger partial charge is 0.215 e. The molecule has 2 aliphatic heterocycles. The maximum atomic E-state index is 6.29. The number of nitrogens with zero attached hydrogens (tertiary/aromatic N) is 3. The van der Waals surface area contributed by atoms with E-state index < -0.39 is 0 Å². The number of hydrazone groups is 1. The van der Waals surface area contributed by atoms with Crippen molar-refractivity contribution < 1.29 is 4.74 Å². The van der Waals surface area contributed by atoms with Crippen molar-refractivity contribution in [3.8, 4) is 5.75 Å². The average Bonchev–Trinajstić information content (AvgIpc) is 3.14. The first kappa shape index (κ1) is 14.2. The van der Waals surface area contributed by atoms with E-state index in [4.69, 9.17) is 9.84 Å². The Morgan fingerprint density at radius 3 is 2.60 bits per heavy atom. The molecule has 0 saturated heterocycles. The minimum absolute atomic E-state index is 0.186. The normalized spacial score (nSPS) is 21.1. The molecular formula is C21H17N3O. The highest BCUT2D eigenvalue weighted by Crippen LogP contribution is 2.47. The largest absolute Gasteiger partial charge is 0.464 e. The lowest BCUT2D eigenvalue weighted by Gasteiger charge is -2.38. The van der Waals surface area contributed by atoms with Crippen LogP contribution < -0.4 is 4.74 Å². The van der Waals surface area contributed by atoms with Crippen molar-refractivity contribution in [2.75, 3.05) is 0 Å². The molecule has 3 heterocycles. The Morgan fingerprint density at radius 1 is 0.920 bits per heavy atom. The topological polar surface area (TPSA) is 37.7 Å². The maximum Gasteiger partial charge on any atom is 0.215 e. The van der Waals surface area contributed by atoms with E-state index in [1.807, 2.05) is 36.5 Å². The van der Waals surface area contributed by atoms with Crippen molar-refractivity contribution in [2.45, 2.75) is 18.7 Å². The molecule has 2 atom stereocenters. The molecule has 2 aromatic carbocycles. The summed E-state index contributed by atoms with van der Waals surface area (Å²) in [4.78, 5) is 4.25. The molecule has 1 aromatic heterocycles. The fourth-order valence-electron chi connectivity index (χ4n) is 3.58. The fraction of sp³-hybridized carbons (Fsp3) is 0.143. The van der Waals surface area contributed by atoms with E-state index in [1.54, 1.807) is 6.20 Å². The Kier molecular flexibility index (Phi) is 3.27. The number of rotatable bonds is 2. The van der Waals surface area contributed by atoms with Crippen LogP contribution in [-0.4, -0.2) is 15.7 Å². The first-order valence-electron chi connectivity index (χ1n) is 8.47. The van der Waals surface area contributed by atoms with Crippen molar-refractivity contribution in [2.24, 2.45) is 5.10 Å². The number of ether oxygens (including phenoxy) is 1. The lowest BCUT2D eigenvalue weighted by Crippen LogP contribution is -2.33. The summed E-state index contributed by atoms with van der Waals surface area (Å²) in [6.45, 7) is 0. The second kappa shape index (κ2) is 5.74. The van der Waals surface area contributed by atoms with Gasteiger partial charge in [-0.1, -0.05) is 54.6 Å². The number of para-hydroxylation sites is 1. The van der Waals surface area contributed by atoms with Crippen LogP contribution >= 0.6 is 0 Å². The quantitative estimate of drug-likeness (QED) is 0.703. The summed E-state index contributed by atoms with van der Waals surface area (Å²) in [6.07, 6.45) is 4.25. The highest BCUT2D eigenvalue weighted by molar-refractivity contribution is 6.01. The zero-order valence-electron chi connectivity index (χ0n) is 13.6. The number of hydrogen-bond donors (Lipinski definition) is 0. The van der Waals surface area contributed by atoms with Gasteiger partial charge in [0.1, 0.15) is 5.75 Å². The monoisotopic (exact) mass is 327 g/mol. The van der Waals surface area contributed by atoms with E-state index in [-0.39, 0.29) is 12.3 Å². The predicted octanol–water partition coefficient (Wildman–Crippen LogP) is 4.32. The molecule has 0 unspecified atom stereocenters. The molecule has 25 heavy (non-hydrogen) atoms. The van der Waals surface area contributed by atoms with Crippen LogP contribution in [0, 0.1) is 0 Å². The summed E-state index contributed by atoms with van der Waals surface area (Å²) >= 11 is 0. The Balaban J connectivity index is 1.61. The molecule has 0 spiro atoms. The van der Waals surface area contributed by atoms with Gasteiger partial charge >= 0.3 is 0 Å². The molecule has 2 aliphatic rings. The van der Waals surface area contributed by atoms with Crippen LogP contribution in [0.1, 0.15) is 35.4 Å². The molecule has 0 bridgehead atoms. The Bertz CT molecular complexity index is 924. The van der Waals surface area contributed by atoms with Gasteiger partial charge < -0.3 is 4.74 Å². The van der Waals surface area contributed by atoms with Gasteiger partial charge in [-0.05, 0) is 17.7 Å². The third-order valence-corrected chi connectivity index (χ3v) is 4.78. The molecule has 4 heteroatoms. The molecule has 5 rings (SSSR count). The van der Waals surface area contributed by atoms with E-state index in [1.165, 1.54) is 11.1 Å². The summed E-state index contributed by atoms with van der Waals surface area (Å²) in [5.41, 5.74) is 4.47. The fourth-order valence-corrected chi connectivity index (χ4v) is 3.58. The minimum Gasteiger partial charge on any atom is -0.464 e. The second-order valence-corrected chi connectivity index (χ2v) is 6.31. The third-order valence-electron chi connectivity index (χ3n) is 4.78. The lowest BCUT2D eigenvalue weighted by molar-refractivity contribution is -0.0192. The second-order valence-electron chi connectivity index (χ2n) is 6.31. The van der Waals surface area contributed by atoms with Crippen molar-refractivity contribution >= 4 is 5.71 Å². The Hall–Kier alpha value is -3.14. The summed E-state index contributed by atoms with van der Waals surface area (Å²) in [6, 6.07) is 22.8. The number of aromatic nitrogens is 1. The van der Waals surface area contributed by atoms with E-state index >= 15 is 0 Å². The molecular weight excluding hydrogens is 310 g/mol. The number of hydrogen-bond acceptors (Lipinski definition) is 4. The lowest BCUT2D eigenvalue weighted by atomic mass is 9.96. The molecule has 3 aromatic rings. The van der Waals surface area contributed by atoms with Crippen LogP contribution in [0.25, 0.3) is 0 Å². The summed E-state index contributed by atoms with van der Waals surface area (Å²) in [5, 5.41) is 7.02. The summed E-state index contributed by atoms with van der Waals surface area (Å²) in [7, 11) is 0. The van der Waals surface area contributed by atoms with Gasteiger partial charge in [-0.15, -0.1) is 0 Å². The van der Waals surface area contributed by atoms with E-state index in [0.29, 0.717) is 0 Å². The molecule has 0 fully saturated rings. The zero-order chi connectivity index (χ0) is 16.6. The number of benzene rings is 2. The van der Waals surface area contributed by atoms with Crippen molar-refractivity contribution in [1.82, 2.24) is 9.99 Å². The molecule has 122 valence electrons. The van der Waals surface area contributed by atoms with Crippen LogP contribution in [0.5, 0.6) is 5.75 Å². The molecule has 0 aliphatic carbocycles. The van der Waals surface area contributed by atoms with Crippen LogP contribution in [0.4, 0.5) is 0 Å². The average molecular weight is 327 g/mol. The molecule has 0 radical (unpaired) electrons. The molecule has 0 saturated carbocycles. The SMILES string of the molecule is c1ccc(C2=NN3[C@H](C2)c2ccccc2O[C@H]3c2cccnc2)cc1. The number of pyridine rings is 1. The zero-order valence-corrected chi connectivity index (χ0v) is 13.6. The van der Waals surface area contributed by atoms with Crippen LogP contribution in [0.3, 0.4) is 0 Å². The van der Waals surface area contributed by atoms with E-state index in [0.717, 1.165) is 23.4 Å². The van der Waals surface area contributed by atoms with Gasteiger partial charge in [-0.3, -0.25) is 4.98 Å². The van der Waals surface area contributed by atoms with Gasteiger partial charge in [-0.25, -0.2) is 5.01 Å². The maximum absolute atomic E-state index is 6.29. The Labute approximate surface area is 146 Å². The van der Waals surface area contributed by atoms with Gasteiger partial charge in [0, 0.05) is 29.9 Å². The van der Waals surface area contributed by atoms with Gasteiger partial charge in [0.15, 0.2) is 0 Å². The molecule has 4 nitrogen and oxygen atoms in total. The highest BCUT2D eigenvalue weighted by atomic mass is 16.5. The highest BCUT2D eigenvalue weighted by Gasteiger charge is 2.40. The molecule has 0 amide bonds. The van der Waals surface area contributed by atoms with Crippen molar-refractivity contribution in [3.05, 3.63) is 95.8 Å². The number of fused-ring (bicyclic) bond motifs is 3. The first-order valence-corrected chi connectivity index (χ1v) is 8.47. The summed E-state index contributed by atoms with van der Waals surface area (Å²) < 4.78 is 6.29. The van der Waals surface area contributed by atoms with Gasteiger partial charge in [-0.2, -0.15) is 5.10 Å². The van der Waals surface area contributed by atoms with Crippen molar-refractivity contribution in [1.29, 1.82) is 0 Å². The predicted molar refractivity (Wildman–Crippen MR) is 96.2 cm³/mol. The minimum atomic E-state index is -0.255. The van der Waals surface area contributed by atoms with E-state index in [2.05, 4.69) is 46.4 Å².